The molecule has 5 aliphatic carbocycles. The van der Waals surface area contributed by atoms with Crippen molar-refractivity contribution in [2.45, 2.75) is 64.6 Å². The van der Waals surface area contributed by atoms with Gasteiger partial charge in [-0.05, 0) is 61.5 Å². The summed E-state index contributed by atoms with van der Waals surface area (Å²) < 4.78 is 22.1. The fourth-order valence-electron chi connectivity index (χ4n) is 9.03. The maximum atomic E-state index is 13.6. The van der Waals surface area contributed by atoms with Gasteiger partial charge in [-0.15, -0.1) is 0 Å². The zero-order valence-corrected chi connectivity index (χ0v) is 20.4. The second-order valence-corrected chi connectivity index (χ2v) is 11.1. The van der Waals surface area contributed by atoms with Gasteiger partial charge < -0.3 is 18.9 Å². The molecule has 8 heteroatoms. The van der Waals surface area contributed by atoms with Crippen molar-refractivity contribution in [2.24, 2.45) is 33.5 Å². The van der Waals surface area contributed by atoms with Gasteiger partial charge in [0.2, 0.25) is 0 Å². The Morgan fingerprint density at radius 2 is 1.74 bits per heavy atom. The largest absolute Gasteiger partial charge is 0.469 e. The normalized spacial score (nSPS) is 47.1. The number of carbonyl (C=O) groups is 4. The third-order valence-corrected chi connectivity index (χ3v) is 10.0. The van der Waals surface area contributed by atoms with Crippen molar-refractivity contribution in [3.8, 4) is 0 Å². The molecule has 8 atom stereocenters. The molecule has 2 bridgehead atoms. The fourth-order valence-corrected chi connectivity index (χ4v) is 9.03. The first-order valence-corrected chi connectivity index (χ1v) is 11.8. The summed E-state index contributed by atoms with van der Waals surface area (Å²) in [6.45, 7) is 8.72. The summed E-state index contributed by atoms with van der Waals surface area (Å²) in [5.41, 5.74) is -2.59. The number of methoxy groups -OCH3 is 2. The summed E-state index contributed by atoms with van der Waals surface area (Å²) in [5.74, 6) is -3.00. The maximum absolute atomic E-state index is 13.6. The van der Waals surface area contributed by atoms with Crippen LogP contribution in [0.3, 0.4) is 0 Å². The first kappa shape index (κ1) is 23.1. The number of allylic oxidation sites excluding steroid dienone is 1. The van der Waals surface area contributed by atoms with Crippen LogP contribution in [-0.2, 0) is 38.1 Å². The molecular formula is C26H32O8. The Labute approximate surface area is 199 Å². The van der Waals surface area contributed by atoms with Gasteiger partial charge in [0.05, 0.1) is 20.1 Å². The lowest BCUT2D eigenvalue weighted by Gasteiger charge is -2.48. The van der Waals surface area contributed by atoms with E-state index in [0.29, 0.717) is 19.3 Å². The summed E-state index contributed by atoms with van der Waals surface area (Å²) in [7, 11) is 2.66. The van der Waals surface area contributed by atoms with Gasteiger partial charge in [-0.25, -0.2) is 0 Å². The van der Waals surface area contributed by atoms with E-state index >= 15 is 0 Å². The molecule has 0 aromatic rings. The first-order chi connectivity index (χ1) is 15.9. The number of carbonyl (C=O) groups excluding carboxylic acids is 4. The number of rotatable bonds is 4. The van der Waals surface area contributed by atoms with Gasteiger partial charge in [-0.3, -0.25) is 19.2 Å². The molecular weight excluding hydrogens is 440 g/mol. The van der Waals surface area contributed by atoms with Crippen molar-refractivity contribution in [1.29, 1.82) is 0 Å². The quantitative estimate of drug-likeness (QED) is 0.349. The summed E-state index contributed by atoms with van der Waals surface area (Å²) in [6.07, 6.45) is 6.15. The van der Waals surface area contributed by atoms with Crippen LogP contribution < -0.4 is 0 Å². The summed E-state index contributed by atoms with van der Waals surface area (Å²) >= 11 is 0. The Hall–Kier alpha value is -2.64. The Kier molecular flexibility index (Phi) is 4.58. The second kappa shape index (κ2) is 6.73. The third kappa shape index (κ3) is 2.34. The van der Waals surface area contributed by atoms with Gasteiger partial charge in [-0.2, -0.15) is 0 Å². The molecule has 34 heavy (non-hydrogen) atoms. The molecule has 0 amide bonds. The van der Waals surface area contributed by atoms with E-state index in [-0.39, 0.29) is 11.4 Å². The third-order valence-electron chi connectivity index (χ3n) is 10.0. The zero-order chi connectivity index (χ0) is 24.9. The van der Waals surface area contributed by atoms with Crippen LogP contribution in [-0.4, -0.2) is 49.8 Å². The van der Waals surface area contributed by atoms with E-state index in [1.54, 1.807) is 13.0 Å². The minimum absolute atomic E-state index is 0.264. The highest BCUT2D eigenvalue weighted by atomic mass is 16.6. The molecule has 5 aliphatic rings. The lowest BCUT2D eigenvalue weighted by molar-refractivity contribution is -0.181. The van der Waals surface area contributed by atoms with Crippen molar-refractivity contribution in [2.75, 3.05) is 14.2 Å². The lowest BCUT2D eigenvalue weighted by atomic mass is 9.55. The zero-order valence-electron chi connectivity index (χ0n) is 20.4. The number of fused-ring (bicyclic) bond motifs is 1. The summed E-state index contributed by atoms with van der Waals surface area (Å²) in [6, 6.07) is 0. The Balaban J connectivity index is 1.72. The molecule has 0 saturated heterocycles. The van der Waals surface area contributed by atoms with E-state index in [4.69, 9.17) is 18.9 Å². The monoisotopic (exact) mass is 472 g/mol. The molecule has 5 rings (SSSR count). The van der Waals surface area contributed by atoms with E-state index < -0.39 is 57.7 Å². The topological polar surface area (TPSA) is 105 Å². The van der Waals surface area contributed by atoms with Crippen LogP contribution in [0, 0.1) is 33.5 Å². The van der Waals surface area contributed by atoms with Crippen molar-refractivity contribution in [3.05, 3.63) is 24.3 Å². The van der Waals surface area contributed by atoms with Crippen LogP contribution in [0.4, 0.5) is 0 Å². The average Bonchev–Trinajstić information content (AvgIpc) is 3.28. The highest BCUT2D eigenvalue weighted by Crippen LogP contribution is 2.94. The van der Waals surface area contributed by atoms with Crippen LogP contribution in [0.15, 0.2) is 24.3 Å². The summed E-state index contributed by atoms with van der Waals surface area (Å²) in [5, 5.41) is 0. The van der Waals surface area contributed by atoms with Crippen LogP contribution in [0.2, 0.25) is 0 Å². The first-order valence-electron chi connectivity index (χ1n) is 11.8. The molecule has 184 valence electrons. The average molecular weight is 473 g/mol. The molecule has 3 spiro atoms. The smallest absolute Gasteiger partial charge is 0.315 e. The SMILES string of the molecule is C=C1C[C@]23C[C@@]1(OC(C)=O)CC[C@@]21C[C@]12C=C[C@H](OC(C)=O)[C@@](C)(C(=O)OC)[C@H]2[C@@H]3C(=O)OC. The number of esters is 4. The van der Waals surface area contributed by atoms with Gasteiger partial charge in [0.15, 0.2) is 0 Å². The maximum Gasteiger partial charge on any atom is 0.315 e. The molecule has 0 N–H and O–H groups in total. The lowest BCUT2D eigenvalue weighted by Crippen LogP contribution is -2.56. The molecule has 0 radical (unpaired) electrons. The van der Waals surface area contributed by atoms with E-state index in [1.807, 2.05) is 0 Å². The number of ether oxygens (including phenoxy) is 4. The van der Waals surface area contributed by atoms with Crippen molar-refractivity contribution in [3.63, 3.8) is 0 Å². The molecule has 0 heterocycles. The minimum Gasteiger partial charge on any atom is -0.469 e. The number of hydrogen-bond acceptors (Lipinski definition) is 8. The van der Waals surface area contributed by atoms with Crippen molar-refractivity contribution < 1.29 is 38.1 Å². The minimum atomic E-state index is -1.29. The van der Waals surface area contributed by atoms with E-state index in [0.717, 1.165) is 18.4 Å². The van der Waals surface area contributed by atoms with Gasteiger partial charge >= 0.3 is 23.9 Å². The van der Waals surface area contributed by atoms with Crippen LogP contribution >= 0.6 is 0 Å². The van der Waals surface area contributed by atoms with E-state index in [2.05, 4.69) is 12.7 Å². The van der Waals surface area contributed by atoms with Crippen molar-refractivity contribution >= 4 is 23.9 Å². The standard InChI is InChI=1S/C26H32O8/c1-14-11-24-12-25(14,34-16(3)28)9-10-26(24)13-23(26)8-7-17(33-15(2)27)22(4,21(30)32-6)19(23)18(24)20(29)31-5/h7-8,17-19H,1,9-13H2,2-6H3/t17-,18+,19+,22+,23-,24+,25-,26-/m0/s1. The van der Waals surface area contributed by atoms with Gasteiger partial charge in [0.25, 0.3) is 0 Å². The Morgan fingerprint density at radius 3 is 2.32 bits per heavy atom. The van der Waals surface area contributed by atoms with Crippen LogP contribution in [0.25, 0.3) is 0 Å². The van der Waals surface area contributed by atoms with Crippen LogP contribution in [0.1, 0.15) is 52.9 Å². The Morgan fingerprint density at radius 1 is 1.03 bits per heavy atom. The van der Waals surface area contributed by atoms with Gasteiger partial charge in [0, 0.05) is 25.2 Å². The molecule has 4 saturated carbocycles. The molecule has 8 nitrogen and oxygen atoms in total. The molecule has 0 aromatic heterocycles. The fraction of sp³-hybridized carbons (Fsp3) is 0.692. The predicted octanol–water partition coefficient (Wildman–Crippen LogP) is 2.89. The molecule has 0 aromatic carbocycles. The highest BCUT2D eigenvalue weighted by Gasteiger charge is 2.92. The second-order valence-electron chi connectivity index (χ2n) is 11.1. The highest BCUT2D eigenvalue weighted by molar-refractivity contribution is 5.84. The van der Waals surface area contributed by atoms with Gasteiger partial charge in [-0.1, -0.05) is 12.7 Å². The molecule has 0 aliphatic heterocycles. The summed E-state index contributed by atoms with van der Waals surface area (Å²) in [4.78, 5) is 51.0. The van der Waals surface area contributed by atoms with Crippen molar-refractivity contribution in [1.82, 2.24) is 0 Å². The Bertz CT molecular complexity index is 1060. The molecule has 4 fully saturated rings. The molecule has 0 unspecified atom stereocenters. The number of hydrogen-bond donors (Lipinski definition) is 0. The van der Waals surface area contributed by atoms with E-state index in [1.165, 1.54) is 28.1 Å². The van der Waals surface area contributed by atoms with E-state index in [9.17, 15) is 19.2 Å². The van der Waals surface area contributed by atoms with Gasteiger partial charge in [0.1, 0.15) is 17.1 Å². The van der Waals surface area contributed by atoms with Crippen LogP contribution in [0.5, 0.6) is 0 Å². The predicted molar refractivity (Wildman–Crippen MR) is 118 cm³/mol.